The molecule has 23 heavy (non-hydrogen) atoms. The van der Waals surface area contributed by atoms with Crippen LogP contribution in [-0.2, 0) is 10.5 Å². The second-order valence-electron chi connectivity index (χ2n) is 5.45. The summed E-state index contributed by atoms with van der Waals surface area (Å²) < 4.78 is 7.33. The van der Waals surface area contributed by atoms with E-state index in [1.807, 2.05) is 6.07 Å². The number of aromatic nitrogens is 4. The SMILES string of the molecule is N#CCC[C@]1(n2cnc3c(=O)[nH]c(N)nc32)C[C@H](O)[C@@H](CO)O1. The van der Waals surface area contributed by atoms with Gasteiger partial charge in [0.15, 0.2) is 16.9 Å². The van der Waals surface area contributed by atoms with Gasteiger partial charge in [0.2, 0.25) is 5.95 Å². The molecule has 0 aromatic carbocycles. The van der Waals surface area contributed by atoms with Gasteiger partial charge in [0.25, 0.3) is 5.56 Å². The number of nitrogens with two attached hydrogens (primary N) is 1. The van der Waals surface area contributed by atoms with Gasteiger partial charge in [-0.1, -0.05) is 0 Å². The van der Waals surface area contributed by atoms with E-state index in [1.54, 1.807) is 0 Å². The number of aliphatic hydroxyl groups excluding tert-OH is 2. The van der Waals surface area contributed by atoms with Crippen molar-refractivity contribution in [3.63, 3.8) is 0 Å². The fourth-order valence-electron chi connectivity index (χ4n) is 2.94. The van der Waals surface area contributed by atoms with E-state index in [0.717, 1.165) is 0 Å². The van der Waals surface area contributed by atoms with Crippen LogP contribution in [0.2, 0.25) is 0 Å². The second-order valence-corrected chi connectivity index (χ2v) is 5.45. The number of nitrogens with zero attached hydrogens (tertiary/aromatic N) is 4. The zero-order chi connectivity index (χ0) is 16.6. The fourth-order valence-corrected chi connectivity index (χ4v) is 2.94. The van der Waals surface area contributed by atoms with Crippen LogP contribution in [0.3, 0.4) is 0 Å². The average Bonchev–Trinajstić information content (AvgIpc) is 3.07. The molecule has 0 spiro atoms. The van der Waals surface area contributed by atoms with Crippen molar-refractivity contribution in [1.29, 1.82) is 5.26 Å². The molecule has 3 heterocycles. The number of aromatic amines is 1. The Labute approximate surface area is 130 Å². The lowest BCUT2D eigenvalue weighted by Gasteiger charge is -2.30. The van der Waals surface area contributed by atoms with Crippen LogP contribution in [0.15, 0.2) is 11.1 Å². The number of aliphatic hydroxyl groups is 2. The van der Waals surface area contributed by atoms with Crippen LogP contribution >= 0.6 is 0 Å². The molecular formula is C13H16N6O4. The van der Waals surface area contributed by atoms with Crippen LogP contribution in [0.5, 0.6) is 0 Å². The molecule has 1 aliphatic heterocycles. The highest BCUT2D eigenvalue weighted by atomic mass is 16.6. The summed E-state index contributed by atoms with van der Waals surface area (Å²) in [5.74, 6) is -0.0723. The van der Waals surface area contributed by atoms with Crippen molar-refractivity contribution in [2.75, 3.05) is 12.3 Å². The van der Waals surface area contributed by atoms with Gasteiger partial charge in [-0.2, -0.15) is 10.2 Å². The first-order valence-electron chi connectivity index (χ1n) is 7.08. The molecule has 3 rings (SSSR count). The van der Waals surface area contributed by atoms with E-state index in [2.05, 4.69) is 15.0 Å². The van der Waals surface area contributed by atoms with E-state index >= 15 is 0 Å². The topological polar surface area (TPSA) is 163 Å². The molecule has 2 aromatic heterocycles. The molecule has 10 heteroatoms. The maximum Gasteiger partial charge on any atom is 0.280 e. The predicted molar refractivity (Wildman–Crippen MR) is 78.0 cm³/mol. The minimum atomic E-state index is -1.12. The Hall–Kier alpha value is -2.48. The standard InChI is InChI=1S/C13H16N6O4/c14-3-1-2-13(4-7(21)8(5-20)23-13)19-6-16-9-10(19)17-12(15)18-11(9)22/h6-8,20-21H,1-2,4-5H2,(H3,15,17,18,22)/t7-,8+,13+/m0/s1. The number of rotatable bonds is 4. The summed E-state index contributed by atoms with van der Waals surface area (Å²) in [5, 5.41) is 28.3. The number of hydrogen-bond acceptors (Lipinski definition) is 8. The van der Waals surface area contributed by atoms with Gasteiger partial charge in [-0.3, -0.25) is 14.3 Å². The molecule has 1 fully saturated rings. The van der Waals surface area contributed by atoms with Crippen LogP contribution < -0.4 is 11.3 Å². The lowest BCUT2D eigenvalue weighted by atomic mass is 10.0. The number of nitrogen functional groups attached to an aromatic ring is 1. The highest BCUT2D eigenvalue weighted by molar-refractivity contribution is 5.70. The Bertz CT molecular complexity index is 824. The highest BCUT2D eigenvalue weighted by Gasteiger charge is 2.47. The van der Waals surface area contributed by atoms with Gasteiger partial charge in [0.1, 0.15) is 6.10 Å². The van der Waals surface area contributed by atoms with Gasteiger partial charge in [-0.15, -0.1) is 0 Å². The molecule has 2 aromatic rings. The Morgan fingerprint density at radius 2 is 2.43 bits per heavy atom. The minimum Gasteiger partial charge on any atom is -0.394 e. The zero-order valence-corrected chi connectivity index (χ0v) is 12.1. The molecule has 3 atom stereocenters. The van der Waals surface area contributed by atoms with Crippen molar-refractivity contribution in [3.05, 3.63) is 16.7 Å². The number of hydrogen-bond donors (Lipinski definition) is 4. The Morgan fingerprint density at radius 1 is 1.65 bits per heavy atom. The smallest absolute Gasteiger partial charge is 0.280 e. The number of imidazole rings is 1. The lowest BCUT2D eigenvalue weighted by molar-refractivity contribution is -0.118. The number of fused-ring (bicyclic) bond motifs is 1. The largest absolute Gasteiger partial charge is 0.394 e. The number of nitriles is 1. The van der Waals surface area contributed by atoms with Crippen molar-refractivity contribution in [3.8, 4) is 6.07 Å². The van der Waals surface area contributed by atoms with Crippen LogP contribution in [0.1, 0.15) is 19.3 Å². The summed E-state index contributed by atoms with van der Waals surface area (Å²) in [6.07, 6.45) is 0.219. The predicted octanol–water partition coefficient (Wildman–Crippen LogP) is -1.20. The molecule has 0 unspecified atom stereocenters. The summed E-state index contributed by atoms with van der Waals surface area (Å²) >= 11 is 0. The van der Waals surface area contributed by atoms with Gasteiger partial charge < -0.3 is 20.7 Å². The van der Waals surface area contributed by atoms with Crippen LogP contribution in [0, 0.1) is 11.3 Å². The van der Waals surface area contributed by atoms with E-state index in [-0.39, 0.29) is 43.0 Å². The molecule has 10 nitrogen and oxygen atoms in total. The van der Waals surface area contributed by atoms with E-state index in [1.165, 1.54) is 10.9 Å². The molecule has 122 valence electrons. The minimum absolute atomic E-state index is 0.0723. The molecule has 5 N–H and O–H groups in total. The number of anilines is 1. The highest BCUT2D eigenvalue weighted by Crippen LogP contribution is 2.40. The Kier molecular flexibility index (Phi) is 3.77. The molecule has 0 amide bonds. The van der Waals surface area contributed by atoms with Gasteiger partial charge in [0.05, 0.1) is 25.1 Å². The molecule has 1 aliphatic rings. The molecule has 0 saturated carbocycles. The second kappa shape index (κ2) is 5.62. The first-order chi connectivity index (χ1) is 11.0. The van der Waals surface area contributed by atoms with Crippen LogP contribution in [0.25, 0.3) is 11.2 Å². The number of H-pyrrole nitrogens is 1. The van der Waals surface area contributed by atoms with Crippen molar-refractivity contribution in [2.24, 2.45) is 0 Å². The summed E-state index contributed by atoms with van der Waals surface area (Å²) in [4.78, 5) is 22.4. The van der Waals surface area contributed by atoms with E-state index in [0.29, 0.717) is 0 Å². The number of nitrogens with one attached hydrogen (secondary N) is 1. The van der Waals surface area contributed by atoms with Crippen molar-refractivity contribution in [1.82, 2.24) is 19.5 Å². The van der Waals surface area contributed by atoms with Crippen molar-refractivity contribution < 1.29 is 14.9 Å². The summed E-state index contributed by atoms with van der Waals surface area (Å²) in [7, 11) is 0. The first-order valence-corrected chi connectivity index (χ1v) is 7.08. The van der Waals surface area contributed by atoms with Crippen molar-refractivity contribution >= 4 is 17.1 Å². The summed E-state index contributed by atoms with van der Waals surface area (Å²) in [6, 6.07) is 2.03. The summed E-state index contributed by atoms with van der Waals surface area (Å²) in [5.41, 5.74) is 4.27. The third-order valence-electron chi connectivity index (χ3n) is 4.00. The number of ether oxygens (including phenoxy) is 1. The zero-order valence-electron chi connectivity index (χ0n) is 12.1. The summed E-state index contributed by atoms with van der Waals surface area (Å²) in [6.45, 7) is -0.363. The van der Waals surface area contributed by atoms with Crippen LogP contribution in [-0.4, -0.2) is 48.5 Å². The quantitative estimate of drug-likeness (QED) is 0.545. The third-order valence-corrected chi connectivity index (χ3v) is 4.00. The van der Waals surface area contributed by atoms with E-state index in [9.17, 15) is 15.0 Å². The maximum absolute atomic E-state index is 11.9. The van der Waals surface area contributed by atoms with Gasteiger partial charge >= 0.3 is 0 Å². The third kappa shape index (κ3) is 2.44. The monoisotopic (exact) mass is 320 g/mol. The Balaban J connectivity index is 2.15. The van der Waals surface area contributed by atoms with E-state index < -0.39 is 23.5 Å². The normalized spacial score (nSPS) is 27.3. The molecule has 0 radical (unpaired) electrons. The molecule has 0 bridgehead atoms. The lowest BCUT2D eigenvalue weighted by Crippen LogP contribution is -2.34. The average molecular weight is 320 g/mol. The van der Waals surface area contributed by atoms with Gasteiger partial charge in [0, 0.05) is 19.3 Å². The maximum atomic E-state index is 11.9. The van der Waals surface area contributed by atoms with Gasteiger partial charge in [-0.05, 0) is 0 Å². The fraction of sp³-hybridized carbons (Fsp3) is 0.538. The molecule has 1 saturated heterocycles. The van der Waals surface area contributed by atoms with Crippen LogP contribution in [0.4, 0.5) is 5.95 Å². The molecular weight excluding hydrogens is 304 g/mol. The van der Waals surface area contributed by atoms with Gasteiger partial charge in [-0.25, -0.2) is 4.98 Å². The van der Waals surface area contributed by atoms with E-state index in [4.69, 9.17) is 15.7 Å². The first kappa shape index (κ1) is 15.4. The molecule has 0 aliphatic carbocycles. The Morgan fingerprint density at radius 3 is 3.09 bits per heavy atom. The van der Waals surface area contributed by atoms with Crippen molar-refractivity contribution in [2.45, 2.75) is 37.2 Å².